The highest BCUT2D eigenvalue weighted by Crippen LogP contribution is 2.00. The SMILES string of the molecule is N#Cc1ccc(C=CC(=O)O)nc1. The number of nitrogens with zero attached hydrogens (tertiary/aromatic N) is 2. The Kier molecular flexibility index (Phi) is 2.77. The topological polar surface area (TPSA) is 74.0 Å². The molecule has 0 aromatic carbocycles. The van der Waals surface area contributed by atoms with Crippen molar-refractivity contribution in [1.29, 1.82) is 5.26 Å². The maximum absolute atomic E-state index is 10.1. The van der Waals surface area contributed by atoms with Crippen LogP contribution in [0.15, 0.2) is 24.4 Å². The smallest absolute Gasteiger partial charge is 0.328 e. The van der Waals surface area contributed by atoms with Gasteiger partial charge >= 0.3 is 5.97 Å². The molecule has 1 rings (SSSR count). The van der Waals surface area contributed by atoms with Crippen LogP contribution >= 0.6 is 0 Å². The zero-order chi connectivity index (χ0) is 9.68. The number of carbonyl (C=O) groups is 1. The molecule has 4 nitrogen and oxygen atoms in total. The number of aromatic nitrogens is 1. The monoisotopic (exact) mass is 174 g/mol. The molecule has 13 heavy (non-hydrogen) atoms. The molecule has 1 aromatic heterocycles. The normalized spacial score (nSPS) is 9.77. The fourth-order valence-corrected chi connectivity index (χ4v) is 0.727. The zero-order valence-corrected chi connectivity index (χ0v) is 6.64. The van der Waals surface area contributed by atoms with E-state index in [2.05, 4.69) is 4.98 Å². The predicted octanol–water partition coefficient (Wildman–Crippen LogP) is 1.05. The Morgan fingerprint density at radius 3 is 2.85 bits per heavy atom. The number of carboxylic acids is 1. The van der Waals surface area contributed by atoms with Crippen LogP contribution in [0.1, 0.15) is 11.3 Å². The van der Waals surface area contributed by atoms with Crippen molar-refractivity contribution in [2.24, 2.45) is 0 Å². The number of hydrogen-bond donors (Lipinski definition) is 1. The van der Waals surface area contributed by atoms with Gasteiger partial charge in [-0.15, -0.1) is 0 Å². The largest absolute Gasteiger partial charge is 0.478 e. The van der Waals surface area contributed by atoms with Crippen molar-refractivity contribution in [2.75, 3.05) is 0 Å². The quantitative estimate of drug-likeness (QED) is 0.680. The van der Waals surface area contributed by atoms with E-state index in [9.17, 15) is 4.79 Å². The third-order valence-electron chi connectivity index (χ3n) is 1.31. The van der Waals surface area contributed by atoms with E-state index in [0.717, 1.165) is 6.08 Å². The van der Waals surface area contributed by atoms with Gasteiger partial charge in [-0.05, 0) is 18.2 Å². The third-order valence-corrected chi connectivity index (χ3v) is 1.31. The summed E-state index contributed by atoms with van der Waals surface area (Å²) in [6.45, 7) is 0. The van der Waals surface area contributed by atoms with Crippen molar-refractivity contribution in [3.05, 3.63) is 35.7 Å². The molecular formula is C9H6N2O2. The van der Waals surface area contributed by atoms with Gasteiger partial charge in [-0.25, -0.2) is 4.79 Å². The number of hydrogen-bond acceptors (Lipinski definition) is 3. The van der Waals surface area contributed by atoms with E-state index < -0.39 is 5.97 Å². The molecule has 0 saturated heterocycles. The van der Waals surface area contributed by atoms with E-state index in [1.165, 1.54) is 12.3 Å². The van der Waals surface area contributed by atoms with Gasteiger partial charge in [-0.3, -0.25) is 4.98 Å². The molecule has 0 amide bonds. The Balaban J connectivity index is 2.82. The first-order valence-corrected chi connectivity index (χ1v) is 3.49. The van der Waals surface area contributed by atoms with Gasteiger partial charge in [-0.1, -0.05) is 0 Å². The van der Waals surface area contributed by atoms with E-state index >= 15 is 0 Å². The minimum absolute atomic E-state index is 0.451. The molecule has 0 atom stereocenters. The predicted molar refractivity (Wildman–Crippen MR) is 45.6 cm³/mol. The number of nitriles is 1. The van der Waals surface area contributed by atoms with Gasteiger partial charge < -0.3 is 5.11 Å². The summed E-state index contributed by atoms with van der Waals surface area (Å²) in [6, 6.07) is 5.08. The van der Waals surface area contributed by atoms with E-state index in [0.29, 0.717) is 11.3 Å². The summed E-state index contributed by atoms with van der Waals surface area (Å²) in [7, 11) is 0. The maximum atomic E-state index is 10.1. The Hall–Kier alpha value is -2.15. The van der Waals surface area contributed by atoms with Crippen LogP contribution in [-0.4, -0.2) is 16.1 Å². The Bertz CT molecular complexity index is 374. The van der Waals surface area contributed by atoms with Crippen LogP contribution in [0.3, 0.4) is 0 Å². The van der Waals surface area contributed by atoms with Gasteiger partial charge in [0.25, 0.3) is 0 Å². The Morgan fingerprint density at radius 2 is 2.38 bits per heavy atom. The van der Waals surface area contributed by atoms with Crippen LogP contribution in [0.2, 0.25) is 0 Å². The minimum Gasteiger partial charge on any atom is -0.478 e. The standard InChI is InChI=1S/C9H6N2O2/c10-5-7-1-2-8(11-6-7)3-4-9(12)13/h1-4,6H,(H,12,13). The van der Waals surface area contributed by atoms with Crippen molar-refractivity contribution in [3.63, 3.8) is 0 Å². The summed E-state index contributed by atoms with van der Waals surface area (Å²) in [4.78, 5) is 14.0. The second-order valence-electron chi connectivity index (χ2n) is 2.26. The van der Waals surface area contributed by atoms with E-state index in [-0.39, 0.29) is 0 Å². The van der Waals surface area contributed by atoms with Crippen molar-refractivity contribution in [3.8, 4) is 6.07 Å². The summed E-state index contributed by atoms with van der Waals surface area (Å²) in [5.74, 6) is -1.02. The van der Waals surface area contributed by atoms with Crippen molar-refractivity contribution >= 4 is 12.0 Å². The summed E-state index contributed by atoms with van der Waals surface area (Å²) >= 11 is 0. The van der Waals surface area contributed by atoms with Crippen LogP contribution in [0.4, 0.5) is 0 Å². The Labute approximate surface area is 74.8 Å². The highest BCUT2D eigenvalue weighted by atomic mass is 16.4. The van der Waals surface area contributed by atoms with Gasteiger partial charge in [0.15, 0.2) is 0 Å². The molecule has 0 spiro atoms. The molecule has 0 aliphatic rings. The average Bonchev–Trinajstić information content (AvgIpc) is 2.15. The summed E-state index contributed by atoms with van der Waals surface area (Å²) < 4.78 is 0. The molecule has 0 saturated carbocycles. The van der Waals surface area contributed by atoms with Crippen LogP contribution < -0.4 is 0 Å². The fraction of sp³-hybridized carbons (Fsp3) is 0. The zero-order valence-electron chi connectivity index (χ0n) is 6.64. The molecular weight excluding hydrogens is 168 g/mol. The molecule has 64 valence electrons. The molecule has 4 heteroatoms. The lowest BCUT2D eigenvalue weighted by Gasteiger charge is -1.90. The van der Waals surface area contributed by atoms with Gasteiger partial charge in [-0.2, -0.15) is 5.26 Å². The lowest BCUT2D eigenvalue weighted by molar-refractivity contribution is -0.131. The molecule has 0 aliphatic heterocycles. The number of carboxylic acid groups (broad SMARTS) is 1. The Morgan fingerprint density at radius 1 is 1.62 bits per heavy atom. The van der Waals surface area contributed by atoms with Crippen LogP contribution in [0.25, 0.3) is 6.08 Å². The molecule has 0 bridgehead atoms. The maximum Gasteiger partial charge on any atom is 0.328 e. The van der Waals surface area contributed by atoms with Gasteiger partial charge in [0.1, 0.15) is 6.07 Å². The van der Waals surface area contributed by atoms with Crippen LogP contribution in [0.5, 0.6) is 0 Å². The number of aliphatic carboxylic acids is 1. The first-order chi connectivity index (χ1) is 6.22. The molecule has 1 N–H and O–H groups in total. The second kappa shape index (κ2) is 4.02. The average molecular weight is 174 g/mol. The lowest BCUT2D eigenvalue weighted by atomic mass is 10.2. The number of pyridine rings is 1. The minimum atomic E-state index is -1.02. The van der Waals surface area contributed by atoms with Crippen molar-refractivity contribution < 1.29 is 9.90 Å². The summed E-state index contributed by atoms with van der Waals surface area (Å²) in [5, 5.41) is 16.8. The summed E-state index contributed by atoms with van der Waals surface area (Å²) in [6.07, 6.45) is 3.75. The lowest BCUT2D eigenvalue weighted by Crippen LogP contribution is -1.87. The third kappa shape index (κ3) is 2.75. The molecule has 0 radical (unpaired) electrons. The van der Waals surface area contributed by atoms with E-state index in [4.69, 9.17) is 10.4 Å². The van der Waals surface area contributed by atoms with Crippen LogP contribution in [0, 0.1) is 11.3 Å². The van der Waals surface area contributed by atoms with E-state index in [1.807, 2.05) is 6.07 Å². The highest BCUT2D eigenvalue weighted by molar-refractivity contribution is 5.84. The van der Waals surface area contributed by atoms with Crippen LogP contribution in [-0.2, 0) is 4.79 Å². The fourth-order valence-electron chi connectivity index (χ4n) is 0.727. The van der Waals surface area contributed by atoms with Gasteiger partial charge in [0.2, 0.25) is 0 Å². The van der Waals surface area contributed by atoms with Gasteiger partial charge in [0.05, 0.1) is 11.3 Å². The first-order valence-electron chi connectivity index (χ1n) is 3.49. The highest BCUT2D eigenvalue weighted by Gasteiger charge is 1.91. The molecule has 0 unspecified atom stereocenters. The first kappa shape index (κ1) is 8.94. The van der Waals surface area contributed by atoms with Gasteiger partial charge in [0, 0.05) is 12.3 Å². The van der Waals surface area contributed by atoms with Crippen molar-refractivity contribution in [1.82, 2.24) is 4.98 Å². The second-order valence-corrected chi connectivity index (χ2v) is 2.26. The summed E-state index contributed by atoms with van der Waals surface area (Å²) in [5.41, 5.74) is 0.967. The molecule has 0 aliphatic carbocycles. The molecule has 0 fully saturated rings. The molecule has 1 heterocycles. The van der Waals surface area contributed by atoms with E-state index in [1.54, 1.807) is 12.1 Å². The number of rotatable bonds is 2. The molecule has 1 aromatic rings. The van der Waals surface area contributed by atoms with Crippen molar-refractivity contribution in [2.45, 2.75) is 0 Å².